The molecule has 0 saturated carbocycles. The molecule has 6 rings (SSSR count). The van der Waals surface area contributed by atoms with Crippen LogP contribution in [0.4, 0.5) is 22.2 Å². The molecule has 1 atom stereocenters. The SMILES string of the molecule is COC(COCNc1nccc(Oc2ccc(NC(=O)Nc3cc(C(C)(C)C)nn3-c3ccc(C)cc3)c3ccccc23)n1)NC(=O)c1ccccc1. The number of ether oxygens (including phenoxy) is 3. The summed E-state index contributed by atoms with van der Waals surface area (Å²) in [6, 6.07) is 31.1. The molecule has 0 aliphatic heterocycles. The van der Waals surface area contributed by atoms with Crippen molar-refractivity contribution in [1.29, 1.82) is 0 Å². The summed E-state index contributed by atoms with van der Waals surface area (Å²) in [6.07, 6.45) is 0.915. The first-order valence-electron chi connectivity index (χ1n) is 17.1. The fourth-order valence-electron chi connectivity index (χ4n) is 5.32. The highest BCUT2D eigenvalue weighted by Gasteiger charge is 2.22. The third-order valence-electron chi connectivity index (χ3n) is 8.19. The fraction of sp³-hybridized carbons (Fsp3) is 0.225. The summed E-state index contributed by atoms with van der Waals surface area (Å²) in [5.74, 6) is 1.40. The predicted octanol–water partition coefficient (Wildman–Crippen LogP) is 7.65. The molecular weight excluding hydrogens is 672 g/mol. The highest BCUT2D eigenvalue weighted by atomic mass is 16.5. The molecule has 4 N–H and O–H groups in total. The van der Waals surface area contributed by atoms with Crippen LogP contribution in [0, 0.1) is 6.92 Å². The molecule has 13 heteroatoms. The van der Waals surface area contributed by atoms with Gasteiger partial charge < -0.3 is 30.2 Å². The molecular formula is C40H42N8O5. The van der Waals surface area contributed by atoms with E-state index in [0.29, 0.717) is 28.7 Å². The minimum atomic E-state index is -0.652. The number of hydrogen-bond acceptors (Lipinski definition) is 9. The number of hydrogen-bond donors (Lipinski definition) is 4. The molecule has 13 nitrogen and oxygen atoms in total. The number of carbonyl (C=O) groups is 2. The zero-order chi connectivity index (χ0) is 37.4. The summed E-state index contributed by atoms with van der Waals surface area (Å²) in [7, 11) is 1.49. The Morgan fingerprint density at radius 3 is 2.34 bits per heavy atom. The van der Waals surface area contributed by atoms with Gasteiger partial charge in [0.1, 0.15) is 18.3 Å². The van der Waals surface area contributed by atoms with Crippen molar-refractivity contribution in [2.75, 3.05) is 36.4 Å². The fourth-order valence-corrected chi connectivity index (χ4v) is 5.32. The topological polar surface area (TPSA) is 154 Å². The highest BCUT2D eigenvalue weighted by molar-refractivity contribution is 6.07. The maximum atomic E-state index is 13.4. The van der Waals surface area contributed by atoms with Gasteiger partial charge in [-0.3, -0.25) is 10.1 Å². The number of nitrogens with zero attached hydrogens (tertiary/aromatic N) is 4. The van der Waals surface area contributed by atoms with Crippen molar-refractivity contribution in [3.05, 3.63) is 126 Å². The monoisotopic (exact) mass is 714 g/mol. The maximum absolute atomic E-state index is 13.4. The zero-order valence-electron chi connectivity index (χ0n) is 30.2. The van der Waals surface area contributed by atoms with Gasteiger partial charge in [-0.2, -0.15) is 10.1 Å². The average molecular weight is 715 g/mol. The zero-order valence-corrected chi connectivity index (χ0v) is 30.2. The van der Waals surface area contributed by atoms with Gasteiger partial charge in [0.2, 0.25) is 11.8 Å². The van der Waals surface area contributed by atoms with Gasteiger partial charge in [0.15, 0.2) is 6.23 Å². The second-order valence-electron chi connectivity index (χ2n) is 13.2. The van der Waals surface area contributed by atoms with Gasteiger partial charge in [0.25, 0.3) is 5.91 Å². The number of amides is 3. The molecule has 0 aliphatic carbocycles. The summed E-state index contributed by atoms with van der Waals surface area (Å²) >= 11 is 0. The number of aromatic nitrogens is 4. The van der Waals surface area contributed by atoms with Crippen molar-refractivity contribution in [1.82, 2.24) is 25.1 Å². The molecule has 3 amide bonds. The van der Waals surface area contributed by atoms with E-state index in [2.05, 4.69) is 52.0 Å². The van der Waals surface area contributed by atoms with Crippen molar-refractivity contribution in [2.45, 2.75) is 39.3 Å². The second kappa shape index (κ2) is 16.4. The van der Waals surface area contributed by atoms with E-state index in [9.17, 15) is 9.59 Å². The Labute approximate surface area is 307 Å². The molecule has 53 heavy (non-hydrogen) atoms. The van der Waals surface area contributed by atoms with Gasteiger partial charge >= 0.3 is 6.03 Å². The van der Waals surface area contributed by atoms with Gasteiger partial charge in [-0.1, -0.05) is 80.9 Å². The van der Waals surface area contributed by atoms with Crippen LogP contribution >= 0.6 is 0 Å². The Kier molecular flexibility index (Phi) is 11.3. The minimum absolute atomic E-state index is 0.0548. The first kappa shape index (κ1) is 36.5. The van der Waals surface area contributed by atoms with Gasteiger partial charge in [0, 0.05) is 47.2 Å². The Balaban J connectivity index is 1.09. The summed E-state index contributed by atoms with van der Waals surface area (Å²) in [4.78, 5) is 34.6. The molecule has 2 heterocycles. The third kappa shape index (κ3) is 9.33. The maximum Gasteiger partial charge on any atom is 0.324 e. The van der Waals surface area contributed by atoms with Crippen molar-refractivity contribution < 1.29 is 23.8 Å². The number of urea groups is 1. The molecule has 0 spiro atoms. The Morgan fingerprint density at radius 2 is 1.60 bits per heavy atom. The first-order valence-corrected chi connectivity index (χ1v) is 17.1. The number of fused-ring (bicyclic) bond motifs is 1. The van der Waals surface area contributed by atoms with Crippen LogP contribution in [0.1, 0.15) is 42.4 Å². The van der Waals surface area contributed by atoms with E-state index in [1.165, 1.54) is 7.11 Å². The lowest BCUT2D eigenvalue weighted by Gasteiger charge is -2.17. The highest BCUT2D eigenvalue weighted by Crippen LogP contribution is 2.34. The van der Waals surface area contributed by atoms with Gasteiger partial charge in [-0.15, -0.1) is 0 Å². The molecule has 0 radical (unpaired) electrons. The Morgan fingerprint density at radius 1 is 0.868 bits per heavy atom. The Bertz CT molecular complexity index is 2180. The quantitative estimate of drug-likeness (QED) is 0.0698. The van der Waals surface area contributed by atoms with Crippen molar-refractivity contribution >= 4 is 40.2 Å². The van der Waals surface area contributed by atoms with Crippen LogP contribution in [0.25, 0.3) is 16.5 Å². The van der Waals surface area contributed by atoms with Crippen LogP contribution in [0.15, 0.2) is 109 Å². The normalized spacial score (nSPS) is 11.9. The first-order chi connectivity index (χ1) is 25.6. The van der Waals surface area contributed by atoms with E-state index in [0.717, 1.165) is 27.7 Å². The summed E-state index contributed by atoms with van der Waals surface area (Å²) in [5, 5.41) is 18.1. The lowest BCUT2D eigenvalue weighted by Crippen LogP contribution is -2.40. The number of benzene rings is 4. The number of rotatable bonds is 13. The van der Waals surface area contributed by atoms with E-state index in [1.807, 2.05) is 67.6 Å². The van der Waals surface area contributed by atoms with Crippen molar-refractivity contribution in [2.24, 2.45) is 0 Å². The number of anilines is 3. The van der Waals surface area contributed by atoms with E-state index >= 15 is 0 Å². The predicted molar refractivity (Wildman–Crippen MR) is 205 cm³/mol. The largest absolute Gasteiger partial charge is 0.438 e. The molecule has 2 aromatic heterocycles. The third-order valence-corrected chi connectivity index (χ3v) is 8.19. The minimum Gasteiger partial charge on any atom is -0.438 e. The van der Waals surface area contributed by atoms with Crippen molar-refractivity contribution in [3.63, 3.8) is 0 Å². The van der Waals surface area contributed by atoms with E-state index in [4.69, 9.17) is 19.3 Å². The van der Waals surface area contributed by atoms with E-state index < -0.39 is 12.3 Å². The Hall–Kier alpha value is -6.31. The standard InChI is InChI=1S/C40H42N8O5/c1-26-15-17-28(18-16-26)48-34(23-33(47-48)40(2,3)4)44-39(50)43-31-19-20-32(30-14-10-9-13-29(30)31)53-35-21-22-41-38(46-35)42-25-52-24-36(51-5)45-37(49)27-11-7-6-8-12-27/h6-23,36H,24-25H2,1-5H3,(H,45,49)(H,41,42,46)(H2,43,44,50). The van der Waals surface area contributed by atoms with Crippen molar-refractivity contribution in [3.8, 4) is 17.3 Å². The summed E-state index contributed by atoms with van der Waals surface area (Å²) in [6.45, 7) is 8.42. The number of aryl methyl sites for hydroxylation is 1. The molecule has 0 bridgehead atoms. The summed E-state index contributed by atoms with van der Waals surface area (Å²) < 4.78 is 18.9. The van der Waals surface area contributed by atoms with Crippen LogP contribution in [-0.2, 0) is 14.9 Å². The number of methoxy groups -OCH3 is 1. The van der Waals surface area contributed by atoms with Gasteiger partial charge in [-0.05, 0) is 43.3 Å². The van der Waals surface area contributed by atoms with Gasteiger partial charge in [-0.25, -0.2) is 14.5 Å². The molecule has 1 unspecified atom stereocenters. The molecule has 0 saturated heterocycles. The van der Waals surface area contributed by atoms with Crippen LogP contribution in [0.3, 0.4) is 0 Å². The van der Waals surface area contributed by atoms with Crippen LogP contribution in [0.5, 0.6) is 11.6 Å². The summed E-state index contributed by atoms with van der Waals surface area (Å²) in [5.41, 5.74) is 3.72. The average Bonchev–Trinajstić information content (AvgIpc) is 3.59. The van der Waals surface area contributed by atoms with Crippen LogP contribution < -0.4 is 26.0 Å². The molecule has 0 aliphatic rings. The van der Waals surface area contributed by atoms with E-state index in [-0.39, 0.29) is 30.6 Å². The molecule has 272 valence electrons. The molecule has 6 aromatic rings. The molecule has 0 fully saturated rings. The van der Waals surface area contributed by atoms with Crippen LogP contribution in [-0.4, -0.2) is 58.4 Å². The lowest BCUT2D eigenvalue weighted by atomic mass is 9.92. The van der Waals surface area contributed by atoms with Gasteiger partial charge in [0.05, 0.1) is 23.7 Å². The molecule has 4 aromatic carbocycles. The smallest absolute Gasteiger partial charge is 0.324 e. The number of nitrogens with one attached hydrogen (secondary N) is 4. The lowest BCUT2D eigenvalue weighted by molar-refractivity contribution is -0.00267. The van der Waals surface area contributed by atoms with E-state index in [1.54, 1.807) is 53.3 Å². The van der Waals surface area contributed by atoms with Crippen LogP contribution in [0.2, 0.25) is 0 Å². The second-order valence-corrected chi connectivity index (χ2v) is 13.2. The number of carbonyl (C=O) groups excluding carboxylic acids is 2.